The van der Waals surface area contributed by atoms with Gasteiger partial charge < -0.3 is 4.74 Å². The van der Waals surface area contributed by atoms with Gasteiger partial charge in [-0.25, -0.2) is 4.90 Å². The van der Waals surface area contributed by atoms with E-state index in [9.17, 15) is 24.5 Å². The van der Waals surface area contributed by atoms with Crippen LogP contribution >= 0.6 is 0 Å². The maximum absolute atomic E-state index is 12.6. The molecule has 0 N–H and O–H groups in total. The van der Waals surface area contributed by atoms with Gasteiger partial charge in [0.25, 0.3) is 17.5 Å². The molecule has 1 aliphatic heterocycles. The average Bonchev–Trinajstić information content (AvgIpc) is 2.84. The molecule has 0 saturated carbocycles. The van der Waals surface area contributed by atoms with E-state index in [1.807, 2.05) is 0 Å². The number of nitrogens with zero attached hydrogens (tertiary/aromatic N) is 2. The van der Waals surface area contributed by atoms with Gasteiger partial charge in [0.1, 0.15) is 0 Å². The summed E-state index contributed by atoms with van der Waals surface area (Å²) < 4.78 is 5.12. The van der Waals surface area contributed by atoms with Gasteiger partial charge in [0.15, 0.2) is 0 Å². The lowest BCUT2D eigenvalue weighted by atomic mass is 10.1. The van der Waals surface area contributed by atoms with Crippen molar-refractivity contribution in [2.45, 2.75) is 13.2 Å². The zero-order valence-electron chi connectivity index (χ0n) is 13.0. The number of hydrogen-bond donors (Lipinski definition) is 0. The summed E-state index contributed by atoms with van der Waals surface area (Å²) in [5.74, 6) is -2.13. The van der Waals surface area contributed by atoms with E-state index in [1.54, 1.807) is 12.1 Å². The van der Waals surface area contributed by atoms with E-state index >= 15 is 0 Å². The molecular weight excluding hydrogens is 328 g/mol. The SMILES string of the molecule is CC(=O)OC(c1ccccc1[N+](=O)[O-])N1C(=O)c2ccccc2C1=O. The standard InChI is InChI=1S/C17H12N2O6/c1-10(20)25-17(13-8-4-5-9-14(13)19(23)24)18-15(21)11-6-2-3-7-12(11)16(18)22/h2-9,17H,1H3. The molecule has 0 aliphatic carbocycles. The molecule has 3 rings (SSSR count). The third-order valence-corrected chi connectivity index (χ3v) is 3.74. The zero-order chi connectivity index (χ0) is 18.1. The minimum Gasteiger partial charge on any atom is -0.436 e. The maximum Gasteiger partial charge on any atom is 0.304 e. The Hall–Kier alpha value is -3.55. The second kappa shape index (κ2) is 6.16. The van der Waals surface area contributed by atoms with Crippen LogP contribution in [-0.4, -0.2) is 27.6 Å². The summed E-state index contributed by atoms with van der Waals surface area (Å²) in [5.41, 5.74) is -0.103. The van der Waals surface area contributed by atoms with Gasteiger partial charge in [-0.2, -0.15) is 0 Å². The fourth-order valence-corrected chi connectivity index (χ4v) is 2.70. The Balaban J connectivity index is 2.13. The minimum absolute atomic E-state index is 0.0581. The van der Waals surface area contributed by atoms with Crippen LogP contribution in [0.15, 0.2) is 48.5 Å². The normalized spacial score (nSPS) is 14.2. The number of benzene rings is 2. The van der Waals surface area contributed by atoms with Crippen molar-refractivity contribution in [3.8, 4) is 0 Å². The highest BCUT2D eigenvalue weighted by Crippen LogP contribution is 2.36. The fourth-order valence-electron chi connectivity index (χ4n) is 2.70. The van der Waals surface area contributed by atoms with Gasteiger partial charge in [0.2, 0.25) is 6.23 Å². The summed E-state index contributed by atoms with van der Waals surface area (Å²) >= 11 is 0. The van der Waals surface area contributed by atoms with Crippen LogP contribution in [0.3, 0.4) is 0 Å². The van der Waals surface area contributed by atoms with Crippen LogP contribution in [-0.2, 0) is 9.53 Å². The summed E-state index contributed by atoms with van der Waals surface area (Å²) in [6.45, 7) is 1.10. The molecule has 0 spiro atoms. The number of imide groups is 1. The van der Waals surface area contributed by atoms with Crippen molar-refractivity contribution in [2.75, 3.05) is 0 Å². The van der Waals surface area contributed by atoms with Crippen molar-refractivity contribution in [3.05, 3.63) is 75.3 Å². The first-order valence-corrected chi connectivity index (χ1v) is 7.29. The first-order valence-electron chi connectivity index (χ1n) is 7.29. The van der Waals surface area contributed by atoms with Crippen LogP contribution in [0.4, 0.5) is 5.69 Å². The third-order valence-electron chi connectivity index (χ3n) is 3.74. The van der Waals surface area contributed by atoms with Crippen molar-refractivity contribution in [2.24, 2.45) is 0 Å². The van der Waals surface area contributed by atoms with Gasteiger partial charge in [0, 0.05) is 13.0 Å². The monoisotopic (exact) mass is 340 g/mol. The van der Waals surface area contributed by atoms with Crippen LogP contribution in [0.25, 0.3) is 0 Å². The van der Waals surface area contributed by atoms with Crippen molar-refractivity contribution < 1.29 is 24.0 Å². The lowest BCUT2D eigenvalue weighted by Crippen LogP contribution is -2.36. The summed E-state index contributed by atoms with van der Waals surface area (Å²) in [6, 6.07) is 11.6. The average molecular weight is 340 g/mol. The molecule has 126 valence electrons. The molecule has 8 heteroatoms. The number of nitro groups is 1. The topological polar surface area (TPSA) is 107 Å². The molecule has 1 atom stereocenters. The highest BCUT2D eigenvalue weighted by Gasteiger charge is 2.43. The van der Waals surface area contributed by atoms with Crippen molar-refractivity contribution in [1.82, 2.24) is 4.90 Å². The quantitative estimate of drug-likeness (QED) is 0.366. The number of hydrogen-bond acceptors (Lipinski definition) is 6. The Morgan fingerprint density at radius 1 is 1.04 bits per heavy atom. The Bertz CT molecular complexity index is 873. The number of carbonyl (C=O) groups excluding carboxylic acids is 3. The van der Waals surface area contributed by atoms with E-state index in [-0.39, 0.29) is 22.4 Å². The molecule has 2 aromatic rings. The summed E-state index contributed by atoms with van der Waals surface area (Å²) in [6.07, 6.45) is -1.52. The van der Waals surface area contributed by atoms with E-state index in [1.165, 1.54) is 36.4 Å². The highest BCUT2D eigenvalue weighted by atomic mass is 16.6. The lowest BCUT2D eigenvalue weighted by molar-refractivity contribution is -0.386. The number of fused-ring (bicyclic) bond motifs is 1. The van der Waals surface area contributed by atoms with Crippen LogP contribution in [0, 0.1) is 10.1 Å². The number of carbonyl (C=O) groups is 3. The van der Waals surface area contributed by atoms with Gasteiger partial charge >= 0.3 is 5.97 Å². The predicted octanol–water partition coefficient (Wildman–Crippen LogP) is 2.45. The molecule has 0 radical (unpaired) electrons. The molecule has 0 saturated heterocycles. The Kier molecular flexibility index (Phi) is 4.02. The highest BCUT2D eigenvalue weighted by molar-refractivity contribution is 6.21. The number of nitro benzene ring substituents is 1. The second-order valence-electron chi connectivity index (χ2n) is 5.30. The smallest absolute Gasteiger partial charge is 0.304 e. The van der Waals surface area contributed by atoms with Gasteiger partial charge in [-0.1, -0.05) is 24.3 Å². The van der Waals surface area contributed by atoms with E-state index in [4.69, 9.17) is 4.74 Å². The van der Waals surface area contributed by atoms with Gasteiger partial charge in [-0.15, -0.1) is 0 Å². The molecule has 0 aromatic heterocycles. The van der Waals surface area contributed by atoms with E-state index < -0.39 is 28.9 Å². The molecule has 25 heavy (non-hydrogen) atoms. The van der Waals surface area contributed by atoms with Gasteiger partial charge in [-0.3, -0.25) is 24.5 Å². The second-order valence-corrected chi connectivity index (χ2v) is 5.30. The molecule has 1 heterocycles. The molecule has 0 bridgehead atoms. The lowest BCUT2D eigenvalue weighted by Gasteiger charge is -2.25. The Morgan fingerprint density at radius 2 is 1.56 bits per heavy atom. The minimum atomic E-state index is -1.52. The summed E-state index contributed by atoms with van der Waals surface area (Å²) in [7, 11) is 0. The van der Waals surface area contributed by atoms with E-state index in [2.05, 4.69) is 0 Å². The zero-order valence-corrected chi connectivity index (χ0v) is 13.0. The van der Waals surface area contributed by atoms with E-state index in [0.29, 0.717) is 0 Å². The number of rotatable bonds is 4. The maximum atomic E-state index is 12.6. The van der Waals surface area contributed by atoms with Crippen LogP contribution in [0.2, 0.25) is 0 Å². The van der Waals surface area contributed by atoms with Crippen molar-refractivity contribution in [1.29, 1.82) is 0 Å². The molecule has 0 fully saturated rings. The third kappa shape index (κ3) is 2.74. The van der Waals surface area contributed by atoms with Gasteiger partial charge in [0.05, 0.1) is 21.6 Å². The fraction of sp³-hybridized carbons (Fsp3) is 0.118. The molecule has 1 unspecified atom stereocenters. The largest absolute Gasteiger partial charge is 0.436 e. The number of amides is 2. The predicted molar refractivity (Wildman–Crippen MR) is 84.5 cm³/mol. The molecular formula is C17H12N2O6. The first-order chi connectivity index (χ1) is 11.9. The van der Waals surface area contributed by atoms with Crippen LogP contribution < -0.4 is 0 Å². The number of para-hydroxylation sites is 1. The Labute approximate surface area is 141 Å². The Morgan fingerprint density at radius 3 is 2.08 bits per heavy atom. The molecule has 2 aromatic carbocycles. The first kappa shape index (κ1) is 16.3. The van der Waals surface area contributed by atoms with Crippen molar-refractivity contribution in [3.63, 3.8) is 0 Å². The van der Waals surface area contributed by atoms with Crippen molar-refractivity contribution >= 4 is 23.5 Å². The van der Waals surface area contributed by atoms with Crippen LogP contribution in [0.5, 0.6) is 0 Å². The number of ether oxygens (including phenoxy) is 1. The number of esters is 1. The summed E-state index contributed by atoms with van der Waals surface area (Å²) in [4.78, 5) is 48.1. The molecule has 8 nitrogen and oxygen atoms in total. The molecule has 2 amide bonds. The van der Waals surface area contributed by atoms with E-state index in [0.717, 1.165) is 11.8 Å². The van der Waals surface area contributed by atoms with Gasteiger partial charge in [-0.05, 0) is 18.2 Å². The van der Waals surface area contributed by atoms with Crippen LogP contribution in [0.1, 0.15) is 39.4 Å². The summed E-state index contributed by atoms with van der Waals surface area (Å²) in [5, 5.41) is 11.3. The molecule has 1 aliphatic rings.